The van der Waals surface area contributed by atoms with Gasteiger partial charge in [0, 0.05) is 43.9 Å². The van der Waals surface area contributed by atoms with E-state index in [1.54, 1.807) is 41.2 Å². The first-order valence-electron chi connectivity index (χ1n) is 14.5. The van der Waals surface area contributed by atoms with Gasteiger partial charge in [-0.15, -0.1) is 0 Å². The molecule has 220 valence electrons. The average Bonchev–Trinajstić information content (AvgIpc) is 3.28. The molecule has 8 nitrogen and oxygen atoms in total. The van der Waals surface area contributed by atoms with Crippen molar-refractivity contribution >= 4 is 17.7 Å². The minimum atomic E-state index is -0.728. The predicted molar refractivity (Wildman–Crippen MR) is 158 cm³/mol. The number of hydrogen-bond acceptors (Lipinski definition) is 5. The van der Waals surface area contributed by atoms with E-state index >= 15 is 0 Å². The SMILES string of the molecule is COc1ccc(C(=O)N(CCc2ccccc2)C2CC(C(=O)N3CCCNCC3)N(C(=O)c3ccc(F)cc3)C2)cc1. The molecule has 0 bridgehead atoms. The summed E-state index contributed by atoms with van der Waals surface area (Å²) in [5, 5.41) is 3.32. The number of carbonyl (C=O) groups is 3. The van der Waals surface area contributed by atoms with Gasteiger partial charge in [-0.1, -0.05) is 30.3 Å². The maximum Gasteiger partial charge on any atom is 0.254 e. The van der Waals surface area contributed by atoms with Crippen molar-refractivity contribution in [2.45, 2.75) is 31.3 Å². The van der Waals surface area contributed by atoms with Crippen LogP contribution in [-0.4, -0.2) is 90.9 Å². The van der Waals surface area contributed by atoms with Gasteiger partial charge in [0.1, 0.15) is 17.6 Å². The number of amides is 3. The fourth-order valence-corrected chi connectivity index (χ4v) is 5.78. The zero-order valence-corrected chi connectivity index (χ0v) is 23.9. The van der Waals surface area contributed by atoms with E-state index < -0.39 is 11.9 Å². The first-order valence-corrected chi connectivity index (χ1v) is 14.5. The van der Waals surface area contributed by atoms with Crippen LogP contribution in [0.3, 0.4) is 0 Å². The third kappa shape index (κ3) is 6.79. The molecule has 0 radical (unpaired) electrons. The molecular weight excluding hydrogens is 535 g/mol. The van der Waals surface area contributed by atoms with E-state index in [0.29, 0.717) is 55.9 Å². The molecule has 0 saturated carbocycles. The summed E-state index contributed by atoms with van der Waals surface area (Å²) in [6.07, 6.45) is 1.78. The van der Waals surface area contributed by atoms with E-state index in [-0.39, 0.29) is 30.3 Å². The highest BCUT2D eigenvalue weighted by atomic mass is 19.1. The van der Waals surface area contributed by atoms with Gasteiger partial charge in [-0.3, -0.25) is 14.4 Å². The van der Waals surface area contributed by atoms with Crippen molar-refractivity contribution in [3.8, 4) is 5.75 Å². The monoisotopic (exact) mass is 572 g/mol. The fraction of sp³-hybridized carbons (Fsp3) is 0.364. The number of benzene rings is 3. The predicted octanol–water partition coefficient (Wildman–Crippen LogP) is 3.62. The van der Waals surface area contributed by atoms with Crippen molar-refractivity contribution in [3.05, 3.63) is 101 Å². The van der Waals surface area contributed by atoms with Crippen molar-refractivity contribution in [1.29, 1.82) is 0 Å². The minimum Gasteiger partial charge on any atom is -0.497 e. The zero-order valence-electron chi connectivity index (χ0n) is 23.9. The molecule has 0 spiro atoms. The summed E-state index contributed by atoms with van der Waals surface area (Å²) in [5.41, 5.74) is 1.91. The van der Waals surface area contributed by atoms with Crippen molar-refractivity contribution in [1.82, 2.24) is 20.0 Å². The molecule has 2 aliphatic rings. The van der Waals surface area contributed by atoms with Crippen LogP contribution in [0.5, 0.6) is 5.75 Å². The van der Waals surface area contributed by atoms with Crippen molar-refractivity contribution in [2.24, 2.45) is 0 Å². The van der Waals surface area contributed by atoms with Crippen LogP contribution < -0.4 is 10.1 Å². The average molecular weight is 573 g/mol. The van der Waals surface area contributed by atoms with Gasteiger partial charge in [0.25, 0.3) is 11.8 Å². The molecule has 2 aliphatic heterocycles. The lowest BCUT2D eigenvalue weighted by molar-refractivity contribution is -0.135. The molecule has 42 heavy (non-hydrogen) atoms. The van der Waals surface area contributed by atoms with Gasteiger partial charge >= 0.3 is 0 Å². The van der Waals surface area contributed by atoms with Crippen molar-refractivity contribution < 1.29 is 23.5 Å². The van der Waals surface area contributed by atoms with E-state index in [4.69, 9.17) is 4.74 Å². The topological polar surface area (TPSA) is 82.2 Å². The summed E-state index contributed by atoms with van der Waals surface area (Å²) in [5.74, 6) is -0.412. The lowest BCUT2D eigenvalue weighted by atomic mass is 10.1. The summed E-state index contributed by atoms with van der Waals surface area (Å²) in [7, 11) is 1.58. The second-order valence-corrected chi connectivity index (χ2v) is 10.8. The Morgan fingerprint density at radius 1 is 0.929 bits per heavy atom. The summed E-state index contributed by atoms with van der Waals surface area (Å²) in [6, 6.07) is 21.2. The standard InChI is InChI=1S/C33H37FN4O4/c1-42-29-14-10-26(11-15-29)31(39)37(20-16-24-6-3-2-4-7-24)28-22-30(33(41)36-19-5-17-35-18-21-36)38(23-28)32(40)25-8-12-27(34)13-9-25/h2-4,6-15,28,30,35H,5,16-23H2,1H3. The molecule has 2 saturated heterocycles. The number of carbonyl (C=O) groups excluding carboxylic acids is 3. The van der Waals surface area contributed by atoms with Gasteiger partial charge in [0.15, 0.2) is 0 Å². The highest BCUT2D eigenvalue weighted by molar-refractivity contribution is 5.99. The number of halogens is 1. The van der Waals surface area contributed by atoms with Gasteiger partial charge in [-0.05, 0) is 79.9 Å². The lowest BCUT2D eigenvalue weighted by Gasteiger charge is -2.29. The van der Waals surface area contributed by atoms with Crippen LogP contribution in [0.25, 0.3) is 0 Å². The number of hydrogen-bond donors (Lipinski definition) is 1. The van der Waals surface area contributed by atoms with E-state index in [1.165, 1.54) is 24.3 Å². The summed E-state index contributed by atoms with van der Waals surface area (Å²) in [6.45, 7) is 3.31. The Morgan fingerprint density at radius 2 is 1.64 bits per heavy atom. The molecule has 9 heteroatoms. The van der Waals surface area contributed by atoms with Crippen LogP contribution in [0.4, 0.5) is 4.39 Å². The third-order valence-corrected chi connectivity index (χ3v) is 8.09. The lowest BCUT2D eigenvalue weighted by Crippen LogP contribution is -2.48. The van der Waals surface area contributed by atoms with Gasteiger partial charge in [0.05, 0.1) is 13.2 Å². The molecule has 1 N–H and O–H groups in total. The molecule has 3 aromatic rings. The smallest absolute Gasteiger partial charge is 0.254 e. The van der Waals surface area contributed by atoms with Gasteiger partial charge in [-0.25, -0.2) is 4.39 Å². The normalized spacial score (nSPS) is 18.8. The summed E-state index contributed by atoms with van der Waals surface area (Å²) in [4.78, 5) is 46.9. The van der Waals surface area contributed by atoms with Crippen LogP contribution in [0.15, 0.2) is 78.9 Å². The molecule has 2 heterocycles. The number of likely N-dealkylation sites (tertiary alicyclic amines) is 1. The number of ether oxygens (including phenoxy) is 1. The van der Waals surface area contributed by atoms with E-state index in [0.717, 1.165) is 18.5 Å². The van der Waals surface area contributed by atoms with Crippen LogP contribution in [0.1, 0.15) is 39.1 Å². The number of rotatable bonds is 8. The second-order valence-electron chi connectivity index (χ2n) is 10.8. The molecule has 5 rings (SSSR count). The Bertz CT molecular complexity index is 1360. The van der Waals surface area contributed by atoms with Gasteiger partial charge in [-0.2, -0.15) is 0 Å². The van der Waals surface area contributed by atoms with Crippen LogP contribution in [0, 0.1) is 5.82 Å². The maximum atomic E-state index is 14.0. The molecule has 2 fully saturated rings. The maximum absolute atomic E-state index is 14.0. The molecule has 2 atom stereocenters. The van der Waals surface area contributed by atoms with Gasteiger partial charge < -0.3 is 24.8 Å². The third-order valence-electron chi connectivity index (χ3n) is 8.09. The van der Waals surface area contributed by atoms with Gasteiger partial charge in [0.2, 0.25) is 5.91 Å². The molecule has 2 unspecified atom stereocenters. The molecule has 0 aliphatic carbocycles. The Labute approximate surface area is 246 Å². The van der Waals surface area contributed by atoms with E-state index in [2.05, 4.69) is 5.32 Å². The first kappa shape index (κ1) is 29.3. The van der Waals surface area contributed by atoms with Crippen molar-refractivity contribution in [2.75, 3.05) is 46.4 Å². The molecule has 3 amide bonds. The van der Waals surface area contributed by atoms with Crippen LogP contribution >= 0.6 is 0 Å². The number of nitrogens with one attached hydrogen (secondary N) is 1. The molecular formula is C33H37FN4O4. The Hall–Kier alpha value is -4.24. The fourth-order valence-electron chi connectivity index (χ4n) is 5.78. The van der Waals surface area contributed by atoms with E-state index in [1.807, 2.05) is 35.2 Å². The minimum absolute atomic E-state index is 0.114. The largest absolute Gasteiger partial charge is 0.497 e. The van der Waals surface area contributed by atoms with E-state index in [9.17, 15) is 18.8 Å². The molecule has 0 aromatic heterocycles. The summed E-state index contributed by atoms with van der Waals surface area (Å²) < 4.78 is 18.9. The summed E-state index contributed by atoms with van der Waals surface area (Å²) >= 11 is 0. The second kappa shape index (κ2) is 13.6. The molecule has 3 aromatic carbocycles. The Morgan fingerprint density at radius 3 is 2.36 bits per heavy atom. The van der Waals surface area contributed by atoms with Crippen LogP contribution in [0.2, 0.25) is 0 Å². The number of methoxy groups -OCH3 is 1. The highest BCUT2D eigenvalue weighted by Gasteiger charge is 2.44. The zero-order chi connectivity index (χ0) is 29.5. The van der Waals surface area contributed by atoms with Crippen LogP contribution in [-0.2, 0) is 11.2 Å². The first-order chi connectivity index (χ1) is 20.4. The Kier molecular flexibility index (Phi) is 9.48. The number of nitrogens with zero attached hydrogens (tertiary/aromatic N) is 3. The quantitative estimate of drug-likeness (QED) is 0.446. The van der Waals surface area contributed by atoms with Crippen molar-refractivity contribution in [3.63, 3.8) is 0 Å². The Balaban J connectivity index is 1.45. The highest BCUT2D eigenvalue weighted by Crippen LogP contribution is 2.28.